The third-order valence-corrected chi connectivity index (χ3v) is 5.61. The van der Waals surface area contributed by atoms with E-state index < -0.39 is 0 Å². The van der Waals surface area contributed by atoms with Crippen LogP contribution >= 0.6 is 11.8 Å². The van der Waals surface area contributed by atoms with E-state index in [9.17, 15) is 4.79 Å². The van der Waals surface area contributed by atoms with Gasteiger partial charge in [0.05, 0.1) is 22.7 Å². The number of halogens is 1. The minimum absolute atomic E-state index is 0.00519. The molecule has 4 rings (SSSR count). The molecule has 1 aromatic heterocycles. The van der Waals surface area contributed by atoms with E-state index in [1.807, 2.05) is 48.9 Å². The second-order valence-corrected chi connectivity index (χ2v) is 7.56. The van der Waals surface area contributed by atoms with E-state index in [1.165, 1.54) is 0 Å². The van der Waals surface area contributed by atoms with Crippen LogP contribution in [0, 0.1) is 18.3 Å². The molecule has 0 radical (unpaired) electrons. The summed E-state index contributed by atoms with van der Waals surface area (Å²) < 4.78 is 3.75. The summed E-state index contributed by atoms with van der Waals surface area (Å²) in [6.07, 6.45) is 0.884. The van der Waals surface area contributed by atoms with Gasteiger partial charge in [-0.2, -0.15) is 5.26 Å². The molecule has 0 spiro atoms. The molecule has 0 unspecified atom stereocenters. The lowest BCUT2D eigenvalue weighted by atomic mass is 10.1. The Bertz CT molecular complexity index is 1080. The van der Waals surface area contributed by atoms with E-state index in [0.717, 1.165) is 35.5 Å². The molecule has 0 aliphatic carbocycles. The Morgan fingerprint density at radius 3 is 2.68 bits per heavy atom. The Labute approximate surface area is 168 Å². The van der Waals surface area contributed by atoms with Crippen molar-refractivity contribution in [1.82, 2.24) is 18.9 Å². The first-order valence-corrected chi connectivity index (χ1v) is 9.49. The molecule has 142 valence electrons. The summed E-state index contributed by atoms with van der Waals surface area (Å²) in [4.78, 5) is 19.1. The molecule has 2 aromatic carbocycles. The van der Waals surface area contributed by atoms with Crippen molar-refractivity contribution >= 4 is 28.7 Å². The lowest BCUT2D eigenvalue weighted by Gasteiger charge is -2.24. The number of fused-ring (bicyclic) bond motifs is 1. The van der Waals surface area contributed by atoms with Crippen molar-refractivity contribution < 1.29 is 4.79 Å². The maximum atomic E-state index is 12.8. The van der Waals surface area contributed by atoms with Crippen LogP contribution in [0.5, 0.6) is 0 Å². The van der Waals surface area contributed by atoms with Gasteiger partial charge in [0.1, 0.15) is 5.82 Å². The first-order valence-electron chi connectivity index (χ1n) is 9.15. The fourth-order valence-corrected chi connectivity index (χ4v) is 3.99. The zero-order valence-electron chi connectivity index (χ0n) is 15.8. The summed E-state index contributed by atoms with van der Waals surface area (Å²) >= 11 is 6.03. The molecule has 3 aromatic rings. The van der Waals surface area contributed by atoms with Crippen LogP contribution in [0.25, 0.3) is 16.7 Å². The topological polar surface area (TPSA) is 65.2 Å². The molecular formula is C21H20ClN5O. The van der Waals surface area contributed by atoms with Gasteiger partial charge in [0, 0.05) is 37.4 Å². The molecular weight excluding hydrogens is 374 g/mol. The second-order valence-electron chi connectivity index (χ2n) is 7.08. The van der Waals surface area contributed by atoms with E-state index in [1.54, 1.807) is 21.5 Å². The van der Waals surface area contributed by atoms with E-state index in [0.29, 0.717) is 17.7 Å². The van der Waals surface area contributed by atoms with Crippen molar-refractivity contribution in [2.45, 2.75) is 19.4 Å². The van der Waals surface area contributed by atoms with Crippen LogP contribution < -0.4 is 0 Å². The van der Waals surface area contributed by atoms with Gasteiger partial charge in [-0.3, -0.25) is 9.36 Å². The number of rotatable bonds is 3. The fourth-order valence-electron chi connectivity index (χ4n) is 3.74. The first kappa shape index (κ1) is 18.5. The Morgan fingerprint density at radius 2 is 2.04 bits per heavy atom. The van der Waals surface area contributed by atoms with Crippen LogP contribution in [0.3, 0.4) is 0 Å². The Hall–Kier alpha value is -2.88. The Balaban J connectivity index is 1.62. The van der Waals surface area contributed by atoms with Crippen LogP contribution in [0.2, 0.25) is 0 Å². The van der Waals surface area contributed by atoms with Crippen molar-refractivity contribution in [3.05, 3.63) is 59.4 Å². The molecule has 2 heterocycles. The fraction of sp³-hybridized carbons (Fsp3) is 0.286. The number of nitrogens with zero attached hydrogens (tertiary/aromatic N) is 5. The number of hydrogen-bond acceptors (Lipinski definition) is 4. The van der Waals surface area contributed by atoms with Crippen LogP contribution in [0.15, 0.2) is 42.5 Å². The largest absolute Gasteiger partial charge is 0.337 e. The van der Waals surface area contributed by atoms with Gasteiger partial charge in [-0.05, 0) is 67.6 Å². The van der Waals surface area contributed by atoms with Gasteiger partial charge < -0.3 is 4.90 Å². The third kappa shape index (κ3) is 3.24. The highest BCUT2D eigenvalue weighted by Gasteiger charge is 2.28. The number of nitriles is 1. The highest BCUT2D eigenvalue weighted by molar-refractivity contribution is 6.13. The number of aryl methyl sites for hydroxylation is 1. The highest BCUT2D eigenvalue weighted by Crippen LogP contribution is 2.23. The second kappa shape index (κ2) is 7.27. The summed E-state index contributed by atoms with van der Waals surface area (Å²) in [5.74, 6) is 0.823. The van der Waals surface area contributed by atoms with Crippen molar-refractivity contribution in [3.8, 4) is 11.8 Å². The molecule has 28 heavy (non-hydrogen) atoms. The Kier molecular flexibility index (Phi) is 4.80. The summed E-state index contributed by atoms with van der Waals surface area (Å²) in [6.45, 7) is 3.41. The van der Waals surface area contributed by atoms with Gasteiger partial charge in [-0.1, -0.05) is 0 Å². The summed E-state index contributed by atoms with van der Waals surface area (Å²) in [5, 5.41) is 9.08. The zero-order valence-corrected chi connectivity index (χ0v) is 16.5. The summed E-state index contributed by atoms with van der Waals surface area (Å²) in [7, 11) is 1.83. The highest BCUT2D eigenvalue weighted by atomic mass is 35.5. The summed E-state index contributed by atoms with van der Waals surface area (Å²) in [5.41, 5.74) is 3.87. The normalized spacial score (nSPS) is 17.0. The monoisotopic (exact) mass is 393 g/mol. The van der Waals surface area contributed by atoms with E-state index in [-0.39, 0.29) is 11.9 Å². The maximum Gasteiger partial charge on any atom is 0.253 e. The van der Waals surface area contributed by atoms with E-state index >= 15 is 0 Å². The molecule has 1 atom stereocenters. The molecule has 0 N–H and O–H groups in total. The Morgan fingerprint density at radius 1 is 1.29 bits per heavy atom. The average molecular weight is 394 g/mol. The average Bonchev–Trinajstić information content (AvgIpc) is 3.28. The minimum atomic E-state index is -0.00519. The number of carbonyl (C=O) groups is 1. The number of amides is 1. The third-order valence-electron chi connectivity index (χ3n) is 5.31. The van der Waals surface area contributed by atoms with Gasteiger partial charge in [-0.15, -0.1) is 0 Å². The zero-order chi connectivity index (χ0) is 19.8. The maximum absolute atomic E-state index is 12.8. The number of hydrogen-bond donors (Lipinski definition) is 0. The first-order chi connectivity index (χ1) is 13.5. The number of carbonyl (C=O) groups excluding carboxylic acids is 1. The number of likely N-dealkylation sites (N-methyl/N-ethyl adjacent to an activating group) is 1. The SMILES string of the molecule is Cc1nc2cc(C#N)ccc2n1-c1ccc(C(=O)N(C)[C@@H]2CCN(Cl)C2)cc1. The molecule has 1 aliphatic heterocycles. The van der Waals surface area contributed by atoms with Gasteiger partial charge in [-0.25, -0.2) is 9.40 Å². The number of imidazole rings is 1. The van der Waals surface area contributed by atoms with Gasteiger partial charge in [0.15, 0.2) is 0 Å². The van der Waals surface area contributed by atoms with Gasteiger partial charge in [0.2, 0.25) is 0 Å². The molecule has 1 saturated heterocycles. The smallest absolute Gasteiger partial charge is 0.253 e. The summed E-state index contributed by atoms with van der Waals surface area (Å²) in [6, 6.07) is 15.3. The van der Waals surface area contributed by atoms with E-state index in [2.05, 4.69) is 11.1 Å². The van der Waals surface area contributed by atoms with Crippen LogP contribution in [0.1, 0.15) is 28.2 Å². The van der Waals surface area contributed by atoms with Crippen molar-refractivity contribution in [2.24, 2.45) is 0 Å². The van der Waals surface area contributed by atoms with Crippen LogP contribution in [-0.4, -0.2) is 51.0 Å². The van der Waals surface area contributed by atoms with Crippen molar-refractivity contribution in [2.75, 3.05) is 20.1 Å². The molecule has 6 nitrogen and oxygen atoms in total. The van der Waals surface area contributed by atoms with E-state index in [4.69, 9.17) is 17.0 Å². The molecule has 7 heteroatoms. The van der Waals surface area contributed by atoms with Gasteiger partial charge >= 0.3 is 0 Å². The van der Waals surface area contributed by atoms with Crippen LogP contribution in [0.4, 0.5) is 0 Å². The standard InChI is InChI=1S/C21H20ClN5O/c1-14-24-19-11-15(12-23)3-8-20(19)27(14)17-6-4-16(5-7-17)21(28)25(2)18-9-10-26(22)13-18/h3-8,11,18H,9-10,13H2,1-2H3/t18-/m1/s1. The van der Waals surface area contributed by atoms with Crippen LogP contribution in [-0.2, 0) is 0 Å². The lowest BCUT2D eigenvalue weighted by Crippen LogP contribution is -2.38. The lowest BCUT2D eigenvalue weighted by molar-refractivity contribution is 0.0740. The number of benzene rings is 2. The predicted molar refractivity (Wildman–Crippen MR) is 108 cm³/mol. The minimum Gasteiger partial charge on any atom is -0.337 e. The molecule has 1 amide bonds. The predicted octanol–water partition coefficient (Wildman–Crippen LogP) is 3.51. The van der Waals surface area contributed by atoms with Crippen molar-refractivity contribution in [3.63, 3.8) is 0 Å². The molecule has 0 saturated carbocycles. The van der Waals surface area contributed by atoms with Gasteiger partial charge in [0.25, 0.3) is 5.91 Å². The molecule has 1 aliphatic rings. The number of aromatic nitrogens is 2. The molecule has 1 fully saturated rings. The molecule has 0 bridgehead atoms. The van der Waals surface area contributed by atoms with Crippen molar-refractivity contribution in [1.29, 1.82) is 5.26 Å². The quantitative estimate of drug-likeness (QED) is 0.639.